The van der Waals surface area contributed by atoms with Crippen LogP contribution in [-0.4, -0.2) is 25.7 Å². The standard InChI is InChI=1S/C22H23NO5/c1-14-10-21(24)28-20-11-18(8-9-19(14)20)27-13-16-4-6-17(7-5-16)22(25)23-15(2)12-26-3/h4-11,15H,12-13H2,1-3H3,(H,23,25)/t15-/m0/s1. The lowest BCUT2D eigenvalue weighted by Gasteiger charge is -2.13. The van der Waals surface area contributed by atoms with Crippen molar-refractivity contribution in [2.24, 2.45) is 0 Å². The van der Waals surface area contributed by atoms with Gasteiger partial charge in [-0.3, -0.25) is 4.79 Å². The van der Waals surface area contributed by atoms with Crippen molar-refractivity contribution in [3.63, 3.8) is 0 Å². The van der Waals surface area contributed by atoms with Crippen molar-refractivity contribution in [3.8, 4) is 5.75 Å². The Morgan fingerprint density at radius 1 is 1.14 bits per heavy atom. The molecule has 0 bridgehead atoms. The molecule has 0 fully saturated rings. The maximum absolute atomic E-state index is 12.2. The molecule has 0 aliphatic rings. The molecule has 1 atom stereocenters. The molecule has 0 unspecified atom stereocenters. The average Bonchev–Trinajstić information content (AvgIpc) is 2.66. The molecule has 1 heterocycles. The van der Waals surface area contributed by atoms with Crippen LogP contribution in [0.1, 0.15) is 28.4 Å². The minimum Gasteiger partial charge on any atom is -0.489 e. The van der Waals surface area contributed by atoms with Gasteiger partial charge in [-0.1, -0.05) is 12.1 Å². The zero-order valence-electron chi connectivity index (χ0n) is 16.2. The normalized spacial score (nSPS) is 12.0. The van der Waals surface area contributed by atoms with Gasteiger partial charge in [0.15, 0.2) is 0 Å². The Labute approximate surface area is 163 Å². The van der Waals surface area contributed by atoms with Crippen LogP contribution in [0.4, 0.5) is 0 Å². The highest BCUT2D eigenvalue weighted by atomic mass is 16.5. The molecule has 0 aliphatic heterocycles. The van der Waals surface area contributed by atoms with Crippen LogP contribution in [0.3, 0.4) is 0 Å². The number of benzene rings is 2. The third-order valence-electron chi connectivity index (χ3n) is 4.34. The van der Waals surface area contributed by atoms with E-state index in [9.17, 15) is 9.59 Å². The first-order valence-electron chi connectivity index (χ1n) is 9.02. The summed E-state index contributed by atoms with van der Waals surface area (Å²) in [6.07, 6.45) is 0. The highest BCUT2D eigenvalue weighted by molar-refractivity contribution is 5.94. The molecule has 3 aromatic rings. The first kappa shape index (κ1) is 19.6. The fourth-order valence-electron chi connectivity index (χ4n) is 2.91. The molecule has 28 heavy (non-hydrogen) atoms. The summed E-state index contributed by atoms with van der Waals surface area (Å²) in [5.41, 5.74) is 2.49. The summed E-state index contributed by atoms with van der Waals surface area (Å²) in [7, 11) is 1.60. The number of rotatable bonds is 7. The Hall–Kier alpha value is -3.12. The van der Waals surface area contributed by atoms with Gasteiger partial charge in [-0.25, -0.2) is 4.79 Å². The number of nitrogens with one attached hydrogen (secondary N) is 1. The van der Waals surface area contributed by atoms with Crippen LogP contribution >= 0.6 is 0 Å². The second kappa shape index (κ2) is 8.71. The summed E-state index contributed by atoms with van der Waals surface area (Å²) in [5.74, 6) is 0.466. The smallest absolute Gasteiger partial charge is 0.336 e. The van der Waals surface area contributed by atoms with Crippen LogP contribution in [0, 0.1) is 6.92 Å². The molecule has 1 aromatic heterocycles. The fraction of sp³-hybridized carbons (Fsp3) is 0.273. The summed E-state index contributed by atoms with van der Waals surface area (Å²) >= 11 is 0. The number of carbonyl (C=O) groups excluding carboxylic acids is 1. The molecule has 3 rings (SSSR count). The van der Waals surface area contributed by atoms with E-state index in [-0.39, 0.29) is 17.6 Å². The molecular formula is C22H23NO5. The van der Waals surface area contributed by atoms with Crippen molar-refractivity contribution in [1.82, 2.24) is 5.32 Å². The van der Waals surface area contributed by atoms with Crippen LogP contribution < -0.4 is 15.7 Å². The average molecular weight is 381 g/mol. The molecule has 1 N–H and O–H groups in total. The Kier molecular flexibility index (Phi) is 6.11. The Morgan fingerprint density at radius 2 is 1.89 bits per heavy atom. The molecule has 146 valence electrons. The van der Waals surface area contributed by atoms with E-state index < -0.39 is 0 Å². The molecule has 6 heteroatoms. The van der Waals surface area contributed by atoms with Gasteiger partial charge < -0.3 is 19.2 Å². The van der Waals surface area contributed by atoms with Gasteiger partial charge >= 0.3 is 5.63 Å². The van der Waals surface area contributed by atoms with Gasteiger partial charge in [0, 0.05) is 36.2 Å². The monoisotopic (exact) mass is 381 g/mol. The Morgan fingerprint density at radius 3 is 2.61 bits per heavy atom. The van der Waals surface area contributed by atoms with E-state index in [1.54, 1.807) is 25.3 Å². The number of aryl methyl sites for hydroxylation is 1. The lowest BCUT2D eigenvalue weighted by atomic mass is 10.1. The van der Waals surface area contributed by atoms with Crippen LogP contribution in [0.15, 0.2) is 57.7 Å². The number of hydrogen-bond donors (Lipinski definition) is 1. The molecule has 0 spiro atoms. The van der Waals surface area contributed by atoms with Crippen LogP contribution in [0.2, 0.25) is 0 Å². The topological polar surface area (TPSA) is 77.8 Å². The van der Waals surface area contributed by atoms with E-state index in [1.807, 2.05) is 38.1 Å². The highest BCUT2D eigenvalue weighted by Crippen LogP contribution is 2.23. The third-order valence-corrected chi connectivity index (χ3v) is 4.34. The number of amides is 1. The lowest BCUT2D eigenvalue weighted by Crippen LogP contribution is -2.35. The summed E-state index contributed by atoms with van der Waals surface area (Å²) in [5, 5.41) is 3.75. The highest BCUT2D eigenvalue weighted by Gasteiger charge is 2.10. The Bertz CT molecular complexity index is 1020. The van der Waals surface area contributed by atoms with Crippen molar-refractivity contribution in [2.45, 2.75) is 26.5 Å². The van der Waals surface area contributed by atoms with E-state index in [0.29, 0.717) is 30.1 Å². The van der Waals surface area contributed by atoms with Gasteiger partial charge in [0.1, 0.15) is 17.9 Å². The number of fused-ring (bicyclic) bond motifs is 1. The summed E-state index contributed by atoms with van der Waals surface area (Å²) < 4.78 is 16.1. The van der Waals surface area contributed by atoms with Gasteiger partial charge in [0.05, 0.1) is 6.61 Å². The number of ether oxygens (including phenoxy) is 2. The molecule has 0 saturated heterocycles. The Balaban J connectivity index is 1.64. The van der Waals surface area contributed by atoms with Gasteiger partial charge in [-0.15, -0.1) is 0 Å². The first-order valence-corrected chi connectivity index (χ1v) is 9.02. The van der Waals surface area contributed by atoms with Crippen LogP contribution in [0.5, 0.6) is 5.75 Å². The minimum absolute atomic E-state index is 0.0582. The van der Waals surface area contributed by atoms with Crippen molar-refractivity contribution in [1.29, 1.82) is 0 Å². The second-order valence-electron chi connectivity index (χ2n) is 6.72. The predicted octanol–water partition coefficient (Wildman–Crippen LogP) is 3.45. The maximum Gasteiger partial charge on any atom is 0.336 e. The molecule has 1 amide bonds. The van der Waals surface area contributed by atoms with E-state index in [2.05, 4.69) is 5.32 Å². The maximum atomic E-state index is 12.2. The first-order chi connectivity index (χ1) is 13.5. The van der Waals surface area contributed by atoms with E-state index in [0.717, 1.165) is 16.5 Å². The number of methoxy groups -OCH3 is 1. The van der Waals surface area contributed by atoms with Gasteiger partial charge in [-0.05, 0) is 49.2 Å². The van der Waals surface area contributed by atoms with E-state index in [1.165, 1.54) is 6.07 Å². The summed E-state index contributed by atoms with van der Waals surface area (Å²) in [4.78, 5) is 23.7. The van der Waals surface area contributed by atoms with E-state index in [4.69, 9.17) is 13.9 Å². The molecule has 0 aliphatic carbocycles. The number of hydrogen-bond acceptors (Lipinski definition) is 5. The predicted molar refractivity (Wildman–Crippen MR) is 107 cm³/mol. The SMILES string of the molecule is COC[C@H](C)NC(=O)c1ccc(COc2ccc3c(C)cc(=O)oc3c2)cc1. The zero-order chi connectivity index (χ0) is 20.1. The quantitative estimate of drug-likeness (QED) is 0.634. The van der Waals surface area contributed by atoms with Gasteiger partial charge in [-0.2, -0.15) is 0 Å². The van der Waals surface area contributed by atoms with Crippen molar-refractivity contribution >= 4 is 16.9 Å². The summed E-state index contributed by atoms with van der Waals surface area (Å²) in [6.45, 7) is 4.55. The van der Waals surface area contributed by atoms with Crippen LogP contribution in [-0.2, 0) is 11.3 Å². The van der Waals surface area contributed by atoms with Gasteiger partial charge in [0.25, 0.3) is 5.91 Å². The zero-order valence-corrected chi connectivity index (χ0v) is 16.2. The minimum atomic E-state index is -0.379. The number of carbonyl (C=O) groups is 1. The van der Waals surface area contributed by atoms with Crippen molar-refractivity contribution in [2.75, 3.05) is 13.7 Å². The third kappa shape index (κ3) is 4.78. The molecule has 2 aromatic carbocycles. The second-order valence-corrected chi connectivity index (χ2v) is 6.72. The van der Waals surface area contributed by atoms with Crippen LogP contribution in [0.25, 0.3) is 11.0 Å². The fourth-order valence-corrected chi connectivity index (χ4v) is 2.91. The lowest BCUT2D eigenvalue weighted by molar-refractivity contribution is 0.0905. The van der Waals surface area contributed by atoms with E-state index >= 15 is 0 Å². The van der Waals surface area contributed by atoms with Crippen molar-refractivity contribution < 1.29 is 18.7 Å². The largest absolute Gasteiger partial charge is 0.489 e. The summed E-state index contributed by atoms with van der Waals surface area (Å²) in [6, 6.07) is 14.1. The molecule has 0 saturated carbocycles. The molecule has 0 radical (unpaired) electrons. The molecular weight excluding hydrogens is 358 g/mol. The molecule has 6 nitrogen and oxygen atoms in total. The van der Waals surface area contributed by atoms with Crippen molar-refractivity contribution in [3.05, 3.63) is 75.6 Å². The van der Waals surface area contributed by atoms with Gasteiger partial charge in [0.2, 0.25) is 0 Å².